The molecule has 6 N–H and O–H groups in total. The number of carbonyl (C=O) groups is 2. The Balaban J connectivity index is 1.53. The third-order valence-electron chi connectivity index (χ3n) is 5.79. The minimum atomic E-state index is -1.29. The molecule has 2 rings (SSSR count). The molecule has 0 aliphatic carbocycles. The van der Waals surface area contributed by atoms with Gasteiger partial charge in [0.2, 0.25) is 11.8 Å². The molecule has 0 aliphatic rings. The Labute approximate surface area is 217 Å². The monoisotopic (exact) mass is 546 g/mol. The van der Waals surface area contributed by atoms with E-state index in [1.807, 2.05) is 0 Å². The summed E-state index contributed by atoms with van der Waals surface area (Å²) in [6.45, 7) is 0.791. The molecule has 210 valence electrons. The van der Waals surface area contributed by atoms with Gasteiger partial charge in [0.05, 0.1) is 0 Å². The highest BCUT2D eigenvalue weighted by Gasteiger charge is 2.17. The Morgan fingerprint density at radius 3 is 1.29 bits per heavy atom. The van der Waals surface area contributed by atoms with Crippen LogP contribution in [0.15, 0.2) is 24.3 Å². The van der Waals surface area contributed by atoms with Crippen LogP contribution in [-0.2, 0) is 22.4 Å². The number of carbonyl (C=O) groups excluding carboxylic acids is 2. The summed E-state index contributed by atoms with van der Waals surface area (Å²) in [7, 11) is 0. The molecule has 0 unspecified atom stereocenters. The van der Waals surface area contributed by atoms with E-state index < -0.39 is 47.0 Å². The molecule has 0 aliphatic heterocycles. The largest absolute Gasteiger partial charge is 0.356 e. The van der Waals surface area contributed by atoms with Crippen molar-refractivity contribution < 1.29 is 35.9 Å². The fourth-order valence-corrected chi connectivity index (χ4v) is 3.83. The third-order valence-corrected chi connectivity index (χ3v) is 5.79. The summed E-state index contributed by atoms with van der Waals surface area (Å²) in [5.41, 5.74) is 11.5. The van der Waals surface area contributed by atoms with Crippen molar-refractivity contribution in [2.45, 2.75) is 63.5 Å². The molecule has 12 heteroatoms. The number of benzene rings is 2. The van der Waals surface area contributed by atoms with Gasteiger partial charge in [-0.3, -0.25) is 9.59 Å². The van der Waals surface area contributed by atoms with Crippen molar-refractivity contribution in [1.29, 1.82) is 0 Å². The number of unbranched alkanes of at least 4 members (excludes halogenated alkanes) is 3. The van der Waals surface area contributed by atoms with Gasteiger partial charge < -0.3 is 22.1 Å². The van der Waals surface area contributed by atoms with Crippen molar-refractivity contribution in [3.05, 3.63) is 70.3 Å². The topological polar surface area (TPSA) is 110 Å². The van der Waals surface area contributed by atoms with E-state index in [-0.39, 0.29) is 48.6 Å². The fraction of sp³-hybridized carbons (Fsp3) is 0.462. The minimum Gasteiger partial charge on any atom is -0.356 e. The Bertz CT molecular complexity index is 1020. The number of amides is 2. The Morgan fingerprint density at radius 2 is 0.921 bits per heavy atom. The van der Waals surface area contributed by atoms with Crippen molar-refractivity contribution in [3.63, 3.8) is 0 Å². The van der Waals surface area contributed by atoms with Crippen LogP contribution in [0.4, 0.5) is 26.3 Å². The van der Waals surface area contributed by atoms with Crippen molar-refractivity contribution in [2.24, 2.45) is 11.5 Å². The highest BCUT2D eigenvalue weighted by Crippen LogP contribution is 2.17. The highest BCUT2D eigenvalue weighted by atomic mass is 19.2. The van der Waals surface area contributed by atoms with E-state index in [1.54, 1.807) is 0 Å². The summed E-state index contributed by atoms with van der Waals surface area (Å²) < 4.78 is 79.9. The second-order valence-corrected chi connectivity index (χ2v) is 9.17. The van der Waals surface area contributed by atoms with E-state index in [4.69, 9.17) is 11.5 Å². The van der Waals surface area contributed by atoms with Crippen LogP contribution in [0.1, 0.15) is 49.7 Å². The zero-order valence-corrected chi connectivity index (χ0v) is 20.8. The van der Waals surface area contributed by atoms with E-state index in [0.717, 1.165) is 25.0 Å². The molecular weight excluding hydrogens is 514 g/mol. The van der Waals surface area contributed by atoms with Crippen LogP contribution in [-0.4, -0.2) is 37.0 Å². The molecule has 0 heterocycles. The van der Waals surface area contributed by atoms with Gasteiger partial charge in [-0.2, -0.15) is 0 Å². The lowest BCUT2D eigenvalue weighted by atomic mass is 10.0. The molecule has 2 atom stereocenters. The SMILES string of the molecule is N[C@H](CC(=O)NCCCCCCNC(=O)C[C@H](N)Cc1cc(F)c(F)cc1F)Cc1cc(F)c(F)cc1F. The number of nitrogens with two attached hydrogens (primary N) is 2. The predicted molar refractivity (Wildman–Crippen MR) is 130 cm³/mol. The zero-order chi connectivity index (χ0) is 28.2. The second-order valence-electron chi connectivity index (χ2n) is 9.17. The Morgan fingerprint density at radius 1 is 0.579 bits per heavy atom. The maximum absolute atomic E-state index is 13.7. The number of nitrogens with one attached hydrogen (secondary N) is 2. The molecule has 6 nitrogen and oxygen atoms in total. The minimum absolute atomic E-state index is 0.101. The van der Waals surface area contributed by atoms with E-state index in [2.05, 4.69) is 10.6 Å². The van der Waals surface area contributed by atoms with Crippen LogP contribution in [0.2, 0.25) is 0 Å². The van der Waals surface area contributed by atoms with Crippen molar-refractivity contribution >= 4 is 11.8 Å². The van der Waals surface area contributed by atoms with Crippen LogP contribution in [0.3, 0.4) is 0 Å². The van der Waals surface area contributed by atoms with Crippen LogP contribution in [0.25, 0.3) is 0 Å². The molecule has 0 saturated carbocycles. The molecule has 2 amide bonds. The van der Waals surface area contributed by atoms with Crippen molar-refractivity contribution in [2.75, 3.05) is 13.1 Å². The average molecular weight is 547 g/mol. The first kappa shape index (κ1) is 31.1. The molecule has 0 bridgehead atoms. The van der Waals surface area contributed by atoms with Crippen LogP contribution >= 0.6 is 0 Å². The van der Waals surface area contributed by atoms with Gasteiger partial charge in [-0.15, -0.1) is 0 Å². The van der Waals surface area contributed by atoms with Crippen LogP contribution in [0.5, 0.6) is 0 Å². The number of rotatable bonds is 15. The Hall–Kier alpha value is -3.12. The summed E-state index contributed by atoms with van der Waals surface area (Å²) in [4.78, 5) is 24.0. The van der Waals surface area contributed by atoms with Crippen LogP contribution in [0, 0.1) is 34.9 Å². The van der Waals surface area contributed by atoms with E-state index >= 15 is 0 Å². The summed E-state index contributed by atoms with van der Waals surface area (Å²) in [5.74, 6) is -7.47. The lowest BCUT2D eigenvalue weighted by molar-refractivity contribution is -0.122. The van der Waals surface area contributed by atoms with Gasteiger partial charge >= 0.3 is 0 Å². The molecule has 2 aromatic carbocycles. The van der Waals surface area contributed by atoms with E-state index in [0.29, 0.717) is 38.1 Å². The van der Waals surface area contributed by atoms with Crippen LogP contribution < -0.4 is 22.1 Å². The normalized spacial score (nSPS) is 12.7. The first-order valence-electron chi connectivity index (χ1n) is 12.3. The molecule has 0 spiro atoms. The Kier molecular flexibility index (Phi) is 12.5. The summed E-state index contributed by atoms with van der Waals surface area (Å²) in [6, 6.07) is 0.829. The zero-order valence-electron chi connectivity index (χ0n) is 20.8. The van der Waals surface area contributed by atoms with Gasteiger partial charge in [0.25, 0.3) is 0 Å². The van der Waals surface area contributed by atoms with Gasteiger partial charge in [-0.05, 0) is 48.9 Å². The summed E-state index contributed by atoms with van der Waals surface area (Å²) in [6.07, 6.45) is 2.47. The molecule has 0 aromatic heterocycles. The molecule has 38 heavy (non-hydrogen) atoms. The van der Waals surface area contributed by atoms with Gasteiger partial charge in [0.15, 0.2) is 23.3 Å². The van der Waals surface area contributed by atoms with Gasteiger partial charge in [-0.1, -0.05) is 12.8 Å². The highest BCUT2D eigenvalue weighted by molar-refractivity contribution is 5.76. The van der Waals surface area contributed by atoms with E-state index in [1.165, 1.54) is 0 Å². The number of hydrogen-bond acceptors (Lipinski definition) is 4. The molecule has 0 radical (unpaired) electrons. The molecule has 2 aromatic rings. The maximum Gasteiger partial charge on any atom is 0.221 e. The first-order valence-corrected chi connectivity index (χ1v) is 12.3. The van der Waals surface area contributed by atoms with Crippen molar-refractivity contribution in [1.82, 2.24) is 10.6 Å². The quantitative estimate of drug-likeness (QED) is 0.156. The van der Waals surface area contributed by atoms with Gasteiger partial charge in [0.1, 0.15) is 11.6 Å². The van der Waals surface area contributed by atoms with Crippen molar-refractivity contribution in [3.8, 4) is 0 Å². The second kappa shape index (κ2) is 15.3. The van der Waals surface area contributed by atoms with E-state index in [9.17, 15) is 35.9 Å². The first-order chi connectivity index (χ1) is 18.0. The smallest absolute Gasteiger partial charge is 0.221 e. The predicted octanol–water partition coefficient (Wildman–Crippen LogP) is 3.53. The number of halogens is 6. The summed E-state index contributed by atoms with van der Waals surface area (Å²) >= 11 is 0. The van der Waals surface area contributed by atoms with Gasteiger partial charge in [0, 0.05) is 50.1 Å². The van der Waals surface area contributed by atoms with Gasteiger partial charge in [-0.25, -0.2) is 26.3 Å². The average Bonchev–Trinajstić information content (AvgIpc) is 2.82. The third kappa shape index (κ3) is 10.7. The molecular formula is C26H32F6N4O2. The summed E-state index contributed by atoms with van der Waals surface area (Å²) in [5, 5.41) is 5.39. The molecule has 0 fully saturated rings. The lowest BCUT2D eigenvalue weighted by Crippen LogP contribution is -2.34. The fourth-order valence-electron chi connectivity index (χ4n) is 3.83. The number of hydrogen-bond donors (Lipinski definition) is 4. The molecule has 0 saturated heterocycles. The maximum atomic E-state index is 13.7. The lowest BCUT2D eigenvalue weighted by Gasteiger charge is -2.13. The standard InChI is InChI=1S/C26H32F6N4O2/c27-19-13-23(31)21(29)9-15(19)7-17(33)11-25(37)35-5-3-1-2-4-6-36-26(38)12-18(34)8-16-10-22(30)24(32)14-20(16)28/h9-10,13-14,17-18H,1-8,11-12,33-34H2,(H,35,37)(H,36,38)/t17-,18+.